The number of ether oxygens (including phenoxy) is 1. The summed E-state index contributed by atoms with van der Waals surface area (Å²) in [5, 5.41) is 8.12. The van der Waals surface area contributed by atoms with Crippen LogP contribution in [0.5, 0.6) is 5.75 Å². The van der Waals surface area contributed by atoms with Crippen LogP contribution in [0.25, 0.3) is 0 Å². The summed E-state index contributed by atoms with van der Waals surface area (Å²) in [6.07, 6.45) is -1.69. The normalized spacial score (nSPS) is 15.4. The van der Waals surface area contributed by atoms with E-state index < -0.39 is 21.8 Å². The van der Waals surface area contributed by atoms with Gasteiger partial charge in [0.2, 0.25) is 10.0 Å². The summed E-state index contributed by atoms with van der Waals surface area (Å²) < 4.78 is 73.8. The standard InChI is InChI=1S/C21H23F3N6O4S/c1-15-19(13-25-27(15)2)35(32,33)30-10-8-28(9-11-30)20(31)18-6-7-29(26-18)14-34-17-5-3-4-16(12-17)21(22,23)24/h3-7,12-13H,8-11,14H2,1-2H3. The Kier molecular flexibility index (Phi) is 6.60. The van der Waals surface area contributed by atoms with Crippen LogP contribution < -0.4 is 4.74 Å². The van der Waals surface area contributed by atoms with Gasteiger partial charge in [-0.05, 0) is 31.2 Å². The van der Waals surface area contributed by atoms with Crippen LogP contribution in [0.2, 0.25) is 0 Å². The van der Waals surface area contributed by atoms with Crippen molar-refractivity contribution in [1.29, 1.82) is 0 Å². The number of rotatable bonds is 6. The highest BCUT2D eigenvalue weighted by Gasteiger charge is 2.33. The lowest BCUT2D eigenvalue weighted by Crippen LogP contribution is -2.50. The van der Waals surface area contributed by atoms with Gasteiger partial charge >= 0.3 is 6.18 Å². The van der Waals surface area contributed by atoms with E-state index in [1.54, 1.807) is 14.0 Å². The fraction of sp³-hybridized carbons (Fsp3) is 0.381. The third-order valence-electron chi connectivity index (χ3n) is 5.72. The Morgan fingerprint density at radius 3 is 2.49 bits per heavy atom. The van der Waals surface area contributed by atoms with E-state index in [1.807, 2.05) is 0 Å². The molecule has 1 saturated heterocycles. The molecule has 1 fully saturated rings. The number of amides is 1. The first-order valence-corrected chi connectivity index (χ1v) is 12.0. The molecule has 2 aromatic heterocycles. The molecule has 1 aliphatic heterocycles. The number of benzene rings is 1. The summed E-state index contributed by atoms with van der Waals surface area (Å²) in [6.45, 7) is 2.11. The number of hydrogen-bond acceptors (Lipinski definition) is 6. The molecule has 0 bridgehead atoms. The number of hydrogen-bond donors (Lipinski definition) is 0. The number of halogens is 3. The van der Waals surface area contributed by atoms with Gasteiger partial charge in [-0.3, -0.25) is 9.48 Å². The number of sulfonamides is 1. The van der Waals surface area contributed by atoms with Crippen molar-refractivity contribution in [3.8, 4) is 5.75 Å². The molecular weight excluding hydrogens is 489 g/mol. The number of aromatic nitrogens is 4. The zero-order chi connectivity index (χ0) is 25.4. The maximum atomic E-state index is 12.9. The zero-order valence-corrected chi connectivity index (χ0v) is 19.8. The van der Waals surface area contributed by atoms with E-state index in [0.717, 1.165) is 12.1 Å². The van der Waals surface area contributed by atoms with Crippen LogP contribution in [-0.4, -0.2) is 69.3 Å². The Labute approximate surface area is 199 Å². The number of carbonyl (C=O) groups is 1. The molecule has 0 atom stereocenters. The maximum Gasteiger partial charge on any atom is 0.416 e. The molecule has 188 valence electrons. The van der Waals surface area contributed by atoms with Gasteiger partial charge in [0.1, 0.15) is 10.6 Å². The van der Waals surface area contributed by atoms with Crippen molar-refractivity contribution in [3.05, 3.63) is 59.7 Å². The highest BCUT2D eigenvalue weighted by atomic mass is 32.2. The fourth-order valence-corrected chi connectivity index (χ4v) is 5.22. The lowest BCUT2D eigenvalue weighted by molar-refractivity contribution is -0.137. The van der Waals surface area contributed by atoms with Crippen LogP contribution in [-0.2, 0) is 30.0 Å². The largest absolute Gasteiger partial charge is 0.471 e. The summed E-state index contributed by atoms with van der Waals surface area (Å²) in [7, 11) is -2.06. The van der Waals surface area contributed by atoms with Crippen LogP contribution in [0.3, 0.4) is 0 Å². The number of carbonyl (C=O) groups excluding carboxylic acids is 1. The van der Waals surface area contributed by atoms with E-state index in [0.29, 0.717) is 5.69 Å². The minimum absolute atomic E-state index is 0.0179. The highest BCUT2D eigenvalue weighted by molar-refractivity contribution is 7.89. The number of nitrogens with zero attached hydrogens (tertiary/aromatic N) is 6. The summed E-state index contributed by atoms with van der Waals surface area (Å²) >= 11 is 0. The molecule has 35 heavy (non-hydrogen) atoms. The predicted octanol–water partition coefficient (Wildman–Crippen LogP) is 2.13. The molecule has 0 N–H and O–H groups in total. The van der Waals surface area contributed by atoms with Crippen molar-refractivity contribution in [2.75, 3.05) is 26.2 Å². The summed E-state index contributed by atoms with van der Waals surface area (Å²) in [5.74, 6) is -0.359. The molecule has 3 heterocycles. The van der Waals surface area contributed by atoms with Crippen LogP contribution in [0.15, 0.2) is 47.6 Å². The highest BCUT2D eigenvalue weighted by Crippen LogP contribution is 2.31. The zero-order valence-electron chi connectivity index (χ0n) is 18.9. The van der Waals surface area contributed by atoms with E-state index in [9.17, 15) is 26.4 Å². The van der Waals surface area contributed by atoms with Crippen LogP contribution in [0.1, 0.15) is 21.7 Å². The molecule has 0 radical (unpaired) electrons. The van der Waals surface area contributed by atoms with Gasteiger partial charge in [-0.1, -0.05) is 6.07 Å². The van der Waals surface area contributed by atoms with Gasteiger partial charge in [0.25, 0.3) is 5.91 Å². The number of alkyl halides is 3. The molecule has 4 rings (SSSR count). The monoisotopic (exact) mass is 512 g/mol. The average Bonchev–Trinajstić information content (AvgIpc) is 3.44. The van der Waals surface area contributed by atoms with Gasteiger partial charge in [-0.15, -0.1) is 0 Å². The Bertz CT molecular complexity index is 1330. The second-order valence-corrected chi connectivity index (χ2v) is 9.86. The van der Waals surface area contributed by atoms with Gasteiger partial charge < -0.3 is 9.64 Å². The molecule has 10 nitrogen and oxygen atoms in total. The van der Waals surface area contributed by atoms with Gasteiger partial charge in [-0.25, -0.2) is 13.1 Å². The van der Waals surface area contributed by atoms with E-state index in [1.165, 1.54) is 49.2 Å². The minimum Gasteiger partial charge on any atom is -0.471 e. The number of piperazine rings is 1. The first kappa shape index (κ1) is 24.7. The smallest absolute Gasteiger partial charge is 0.416 e. The van der Waals surface area contributed by atoms with Crippen molar-refractivity contribution in [2.45, 2.75) is 24.7 Å². The van der Waals surface area contributed by atoms with Gasteiger partial charge in [0.05, 0.1) is 17.5 Å². The SMILES string of the molecule is Cc1c(S(=O)(=O)N2CCN(C(=O)c3ccn(COc4cccc(C(F)(F)F)c4)n3)CC2)cnn1C. The first-order chi connectivity index (χ1) is 16.5. The van der Waals surface area contributed by atoms with Gasteiger partial charge in [0, 0.05) is 39.4 Å². The Hall–Kier alpha value is -3.39. The molecule has 1 aromatic carbocycles. The van der Waals surface area contributed by atoms with Crippen molar-refractivity contribution >= 4 is 15.9 Å². The molecule has 0 unspecified atom stereocenters. The maximum absolute atomic E-state index is 12.9. The van der Waals surface area contributed by atoms with Crippen LogP contribution in [0.4, 0.5) is 13.2 Å². The third kappa shape index (κ3) is 5.17. The molecule has 14 heteroatoms. The molecule has 1 amide bonds. The lowest BCUT2D eigenvalue weighted by atomic mass is 10.2. The Morgan fingerprint density at radius 1 is 1.14 bits per heavy atom. The molecule has 0 aliphatic carbocycles. The van der Waals surface area contributed by atoms with Crippen molar-refractivity contribution < 1.29 is 31.1 Å². The first-order valence-electron chi connectivity index (χ1n) is 10.6. The third-order valence-corrected chi connectivity index (χ3v) is 7.72. The quantitative estimate of drug-likeness (QED) is 0.502. The van der Waals surface area contributed by atoms with Gasteiger partial charge in [0.15, 0.2) is 12.4 Å². The van der Waals surface area contributed by atoms with E-state index in [2.05, 4.69) is 10.2 Å². The molecule has 0 saturated carbocycles. The van der Waals surface area contributed by atoms with Crippen molar-refractivity contribution in [3.63, 3.8) is 0 Å². The van der Waals surface area contributed by atoms with Gasteiger partial charge in [-0.2, -0.15) is 27.7 Å². The predicted molar refractivity (Wildman–Crippen MR) is 117 cm³/mol. The van der Waals surface area contributed by atoms with E-state index >= 15 is 0 Å². The number of aryl methyl sites for hydroxylation is 1. The van der Waals surface area contributed by atoms with E-state index in [-0.39, 0.29) is 55.2 Å². The summed E-state index contributed by atoms with van der Waals surface area (Å²) in [5.41, 5.74) is -0.176. The van der Waals surface area contributed by atoms with E-state index in [4.69, 9.17) is 4.74 Å². The summed E-state index contributed by atoms with van der Waals surface area (Å²) in [4.78, 5) is 14.5. The second-order valence-electron chi connectivity index (χ2n) is 7.95. The van der Waals surface area contributed by atoms with Crippen molar-refractivity contribution in [2.24, 2.45) is 7.05 Å². The van der Waals surface area contributed by atoms with Crippen molar-refractivity contribution in [1.82, 2.24) is 28.8 Å². The van der Waals surface area contributed by atoms with Crippen LogP contribution >= 0.6 is 0 Å². The summed E-state index contributed by atoms with van der Waals surface area (Å²) in [6, 6.07) is 5.94. The van der Waals surface area contributed by atoms with Crippen LogP contribution in [0, 0.1) is 6.92 Å². The topological polar surface area (TPSA) is 103 Å². The molecule has 0 spiro atoms. The Morgan fingerprint density at radius 2 is 1.86 bits per heavy atom. The molecule has 3 aromatic rings. The second kappa shape index (κ2) is 9.34. The molecule has 1 aliphatic rings. The lowest BCUT2D eigenvalue weighted by Gasteiger charge is -2.33. The fourth-order valence-electron chi connectivity index (χ4n) is 3.61. The minimum atomic E-state index is -4.48. The Balaban J connectivity index is 1.34. The molecular formula is C21H23F3N6O4S. The average molecular weight is 513 g/mol.